The Labute approximate surface area is 180 Å². The molecule has 0 bridgehead atoms. The summed E-state index contributed by atoms with van der Waals surface area (Å²) in [6.45, 7) is 10.1. The molecule has 0 saturated heterocycles. The van der Waals surface area contributed by atoms with Crippen molar-refractivity contribution in [2.24, 2.45) is 5.41 Å². The molecule has 0 radical (unpaired) electrons. The number of esters is 1. The Kier molecular flexibility index (Phi) is 18.5. The summed E-state index contributed by atoms with van der Waals surface area (Å²) in [5.74, 6) is -0.111. The zero-order chi connectivity index (χ0) is 21.8. The molecule has 0 aliphatic rings. The topological polar surface area (TPSA) is 55.8 Å². The van der Waals surface area contributed by atoms with Crippen molar-refractivity contribution in [3.8, 4) is 0 Å². The van der Waals surface area contributed by atoms with E-state index in [1.165, 1.54) is 32.1 Å². The maximum atomic E-state index is 11.7. The standard InChI is InChI=1S/C25H48O4/c1-5-6-7-14-17-23(26)18-15-12-10-8-9-11-13-16-19-24(27)29-21-20-28-22-25(2,3)4/h12,15,23,26H,5-11,13-14,16-22H2,1-4H3/b15-12-/t23-/m1/s1. The van der Waals surface area contributed by atoms with Gasteiger partial charge in [0.25, 0.3) is 0 Å². The molecule has 4 heteroatoms. The molecule has 0 heterocycles. The lowest BCUT2D eigenvalue weighted by molar-refractivity contribution is -0.145. The van der Waals surface area contributed by atoms with Gasteiger partial charge < -0.3 is 14.6 Å². The minimum Gasteiger partial charge on any atom is -0.463 e. The smallest absolute Gasteiger partial charge is 0.305 e. The van der Waals surface area contributed by atoms with Crippen LogP contribution in [0.25, 0.3) is 0 Å². The Bertz CT molecular complexity index is 398. The molecule has 0 aliphatic carbocycles. The van der Waals surface area contributed by atoms with Gasteiger partial charge in [-0.2, -0.15) is 0 Å². The van der Waals surface area contributed by atoms with Crippen molar-refractivity contribution in [1.29, 1.82) is 0 Å². The number of aliphatic hydroxyl groups is 1. The molecule has 0 unspecified atom stereocenters. The van der Waals surface area contributed by atoms with Gasteiger partial charge in [0.05, 0.1) is 19.3 Å². The van der Waals surface area contributed by atoms with Crippen LogP contribution in [0.15, 0.2) is 12.2 Å². The quantitative estimate of drug-likeness (QED) is 0.147. The van der Waals surface area contributed by atoms with Crippen molar-refractivity contribution >= 4 is 5.97 Å². The average molecular weight is 413 g/mol. The number of carbonyl (C=O) groups is 1. The summed E-state index contributed by atoms with van der Waals surface area (Å²) >= 11 is 0. The highest BCUT2D eigenvalue weighted by atomic mass is 16.6. The third-order valence-corrected chi connectivity index (χ3v) is 4.74. The third kappa shape index (κ3) is 23.3. The van der Waals surface area contributed by atoms with Crippen LogP contribution in [0.1, 0.15) is 111 Å². The zero-order valence-electron chi connectivity index (χ0n) is 19.7. The molecule has 4 nitrogen and oxygen atoms in total. The highest BCUT2D eigenvalue weighted by molar-refractivity contribution is 5.69. The van der Waals surface area contributed by atoms with E-state index in [4.69, 9.17) is 9.47 Å². The van der Waals surface area contributed by atoms with Gasteiger partial charge in [0.15, 0.2) is 0 Å². The highest BCUT2D eigenvalue weighted by Gasteiger charge is 2.10. The Morgan fingerprint density at radius 2 is 1.62 bits per heavy atom. The number of carbonyl (C=O) groups excluding carboxylic acids is 1. The zero-order valence-corrected chi connectivity index (χ0v) is 19.7. The van der Waals surface area contributed by atoms with Gasteiger partial charge in [-0.15, -0.1) is 0 Å². The first kappa shape index (κ1) is 28.1. The molecule has 0 aromatic heterocycles. The van der Waals surface area contributed by atoms with Crippen molar-refractivity contribution in [3.63, 3.8) is 0 Å². The minimum atomic E-state index is -0.173. The van der Waals surface area contributed by atoms with E-state index in [0.717, 1.165) is 44.9 Å². The Hall–Kier alpha value is -0.870. The number of ether oxygens (including phenoxy) is 2. The molecule has 0 amide bonds. The Balaban J connectivity index is 3.36. The first-order valence-electron chi connectivity index (χ1n) is 11.9. The van der Waals surface area contributed by atoms with E-state index < -0.39 is 0 Å². The summed E-state index contributed by atoms with van der Waals surface area (Å²) < 4.78 is 10.7. The van der Waals surface area contributed by atoms with Crippen LogP contribution in [0, 0.1) is 5.41 Å². The molecule has 0 aromatic rings. The van der Waals surface area contributed by atoms with E-state index >= 15 is 0 Å². The number of allylic oxidation sites excluding steroid dienone is 1. The fraction of sp³-hybridized carbons (Fsp3) is 0.880. The monoisotopic (exact) mass is 412 g/mol. The maximum absolute atomic E-state index is 11.7. The first-order valence-corrected chi connectivity index (χ1v) is 11.9. The van der Waals surface area contributed by atoms with E-state index in [2.05, 4.69) is 39.8 Å². The molecule has 0 fully saturated rings. The van der Waals surface area contributed by atoms with Gasteiger partial charge in [-0.1, -0.05) is 84.8 Å². The fourth-order valence-corrected chi connectivity index (χ4v) is 3.02. The van der Waals surface area contributed by atoms with Gasteiger partial charge in [0.1, 0.15) is 6.61 Å². The minimum absolute atomic E-state index is 0.111. The summed E-state index contributed by atoms with van der Waals surface area (Å²) in [4.78, 5) is 11.7. The number of aliphatic hydroxyl groups excluding tert-OH is 1. The van der Waals surface area contributed by atoms with Crippen LogP contribution in [0.4, 0.5) is 0 Å². The van der Waals surface area contributed by atoms with Crippen molar-refractivity contribution < 1.29 is 19.4 Å². The summed E-state index contributed by atoms with van der Waals surface area (Å²) in [7, 11) is 0. The van der Waals surface area contributed by atoms with E-state index in [1.807, 2.05) is 0 Å². The van der Waals surface area contributed by atoms with Crippen molar-refractivity contribution in [1.82, 2.24) is 0 Å². The number of rotatable bonds is 19. The molecule has 1 atom stereocenters. The summed E-state index contributed by atoms with van der Waals surface area (Å²) in [5.41, 5.74) is 0.148. The molecule has 0 aliphatic heterocycles. The Morgan fingerprint density at radius 1 is 0.931 bits per heavy atom. The molecule has 0 aromatic carbocycles. The van der Waals surface area contributed by atoms with E-state index in [-0.39, 0.29) is 17.5 Å². The van der Waals surface area contributed by atoms with Gasteiger partial charge >= 0.3 is 5.97 Å². The van der Waals surface area contributed by atoms with E-state index in [0.29, 0.717) is 26.2 Å². The van der Waals surface area contributed by atoms with Gasteiger partial charge in [-0.05, 0) is 37.5 Å². The summed E-state index contributed by atoms with van der Waals surface area (Å²) in [6.07, 6.45) is 17.9. The highest BCUT2D eigenvalue weighted by Crippen LogP contribution is 2.13. The van der Waals surface area contributed by atoms with E-state index in [1.54, 1.807) is 0 Å². The van der Waals surface area contributed by atoms with Gasteiger partial charge in [-0.3, -0.25) is 4.79 Å². The molecule has 0 saturated carbocycles. The SMILES string of the molecule is CCCCCC[C@@H](O)C/C=C\CCCCCCCC(=O)OCCOCC(C)(C)C. The van der Waals surface area contributed by atoms with Crippen molar-refractivity contribution in [2.75, 3.05) is 19.8 Å². The van der Waals surface area contributed by atoms with Crippen LogP contribution in [-0.2, 0) is 14.3 Å². The summed E-state index contributed by atoms with van der Waals surface area (Å²) in [6, 6.07) is 0. The van der Waals surface area contributed by atoms with Gasteiger partial charge in [-0.25, -0.2) is 0 Å². The number of hydrogen-bond donors (Lipinski definition) is 1. The molecule has 29 heavy (non-hydrogen) atoms. The summed E-state index contributed by atoms with van der Waals surface area (Å²) in [5, 5.41) is 9.91. The largest absolute Gasteiger partial charge is 0.463 e. The van der Waals surface area contributed by atoms with Gasteiger partial charge in [0, 0.05) is 6.42 Å². The van der Waals surface area contributed by atoms with Crippen LogP contribution < -0.4 is 0 Å². The average Bonchev–Trinajstić information content (AvgIpc) is 2.65. The normalized spacial score (nSPS) is 13.1. The predicted molar refractivity (Wildman–Crippen MR) is 122 cm³/mol. The second-order valence-corrected chi connectivity index (χ2v) is 9.35. The van der Waals surface area contributed by atoms with Crippen molar-refractivity contribution in [2.45, 2.75) is 117 Å². The van der Waals surface area contributed by atoms with Crippen molar-refractivity contribution in [3.05, 3.63) is 12.2 Å². The third-order valence-electron chi connectivity index (χ3n) is 4.74. The van der Waals surface area contributed by atoms with Crippen LogP contribution in [0.3, 0.4) is 0 Å². The van der Waals surface area contributed by atoms with E-state index in [9.17, 15) is 9.90 Å². The van der Waals surface area contributed by atoms with Crippen LogP contribution in [0.2, 0.25) is 0 Å². The van der Waals surface area contributed by atoms with Crippen LogP contribution in [0.5, 0.6) is 0 Å². The Morgan fingerprint density at radius 3 is 2.34 bits per heavy atom. The molecular weight excluding hydrogens is 364 g/mol. The lowest BCUT2D eigenvalue weighted by Crippen LogP contribution is -2.18. The molecular formula is C25H48O4. The van der Waals surface area contributed by atoms with Crippen LogP contribution in [-0.4, -0.2) is 37.0 Å². The van der Waals surface area contributed by atoms with Crippen LogP contribution >= 0.6 is 0 Å². The van der Waals surface area contributed by atoms with Gasteiger partial charge in [0.2, 0.25) is 0 Å². The lowest BCUT2D eigenvalue weighted by atomic mass is 9.99. The second kappa shape index (κ2) is 19.1. The maximum Gasteiger partial charge on any atom is 0.305 e. The molecule has 1 N–H and O–H groups in total. The lowest BCUT2D eigenvalue weighted by Gasteiger charge is -2.17. The number of hydrogen-bond acceptors (Lipinski definition) is 4. The molecule has 172 valence electrons. The number of unbranched alkanes of at least 4 members (excludes halogenated alkanes) is 8. The predicted octanol–water partition coefficient (Wildman–Crippen LogP) is 6.60. The second-order valence-electron chi connectivity index (χ2n) is 9.35. The molecule has 0 spiro atoms. The fourth-order valence-electron chi connectivity index (χ4n) is 3.02. The first-order chi connectivity index (χ1) is 13.8. The molecule has 0 rings (SSSR count).